The molecule has 108 valence electrons. The van der Waals surface area contributed by atoms with Crippen LogP contribution in [0, 0.1) is 0 Å². The van der Waals surface area contributed by atoms with Gasteiger partial charge in [0.15, 0.2) is 0 Å². The Hall–Kier alpha value is -0.120. The van der Waals surface area contributed by atoms with Gasteiger partial charge in [0.05, 0.1) is 6.10 Å². The van der Waals surface area contributed by atoms with Gasteiger partial charge in [0.1, 0.15) is 0 Å². The minimum atomic E-state index is 0.498. The highest BCUT2D eigenvalue weighted by Crippen LogP contribution is 2.14. The Bertz CT molecular complexity index is 185. The van der Waals surface area contributed by atoms with Gasteiger partial charge in [-0.2, -0.15) is 0 Å². The molecular formula is C15H32N2O. The number of piperidine rings is 1. The summed E-state index contributed by atoms with van der Waals surface area (Å²) in [5, 5.41) is 3.38. The maximum atomic E-state index is 5.73. The Morgan fingerprint density at radius 1 is 1.17 bits per heavy atom. The third kappa shape index (κ3) is 7.34. The van der Waals surface area contributed by atoms with Crippen LogP contribution in [0.3, 0.4) is 0 Å². The predicted molar refractivity (Wildman–Crippen MR) is 78.1 cm³/mol. The van der Waals surface area contributed by atoms with E-state index in [0.29, 0.717) is 6.10 Å². The largest absolute Gasteiger partial charge is 0.377 e. The molecule has 1 N–H and O–H groups in total. The standard InChI is InChI=1S/C15H32N2O/c1-3-16-11-7-5-6-8-12-17-13-9-10-15(14-17)18-4-2/h15-16H,3-14H2,1-2H3. The summed E-state index contributed by atoms with van der Waals surface area (Å²) in [6.45, 7) is 11.1. The van der Waals surface area contributed by atoms with Gasteiger partial charge in [0.25, 0.3) is 0 Å². The molecule has 0 aliphatic carbocycles. The van der Waals surface area contributed by atoms with Gasteiger partial charge >= 0.3 is 0 Å². The van der Waals surface area contributed by atoms with Crippen molar-refractivity contribution < 1.29 is 4.74 Å². The molecule has 0 bridgehead atoms. The second-order valence-corrected chi connectivity index (χ2v) is 5.29. The molecule has 1 unspecified atom stereocenters. The van der Waals surface area contributed by atoms with Crippen LogP contribution in [0.1, 0.15) is 52.4 Å². The third-order valence-electron chi connectivity index (χ3n) is 3.69. The third-order valence-corrected chi connectivity index (χ3v) is 3.69. The number of hydrogen-bond donors (Lipinski definition) is 1. The van der Waals surface area contributed by atoms with E-state index in [0.717, 1.165) is 19.7 Å². The van der Waals surface area contributed by atoms with Crippen LogP contribution in [0.5, 0.6) is 0 Å². The van der Waals surface area contributed by atoms with Crippen LogP contribution in [-0.2, 0) is 4.74 Å². The van der Waals surface area contributed by atoms with Crippen LogP contribution in [0.25, 0.3) is 0 Å². The highest BCUT2D eigenvalue weighted by Gasteiger charge is 2.19. The van der Waals surface area contributed by atoms with Crippen molar-refractivity contribution in [2.45, 2.75) is 58.5 Å². The zero-order chi connectivity index (χ0) is 13.1. The number of rotatable bonds is 10. The Kier molecular flexibility index (Phi) is 9.54. The van der Waals surface area contributed by atoms with Gasteiger partial charge in [-0.15, -0.1) is 0 Å². The molecule has 1 saturated heterocycles. The molecule has 18 heavy (non-hydrogen) atoms. The summed E-state index contributed by atoms with van der Waals surface area (Å²) in [4.78, 5) is 2.59. The molecule has 0 aromatic heterocycles. The molecule has 0 amide bonds. The van der Waals surface area contributed by atoms with Crippen molar-refractivity contribution in [3.05, 3.63) is 0 Å². The molecule has 0 aromatic carbocycles. The van der Waals surface area contributed by atoms with E-state index < -0.39 is 0 Å². The minimum absolute atomic E-state index is 0.498. The Balaban J connectivity index is 1.94. The Morgan fingerprint density at radius 2 is 2.00 bits per heavy atom. The van der Waals surface area contributed by atoms with Crippen LogP contribution in [0.15, 0.2) is 0 Å². The quantitative estimate of drug-likeness (QED) is 0.608. The van der Waals surface area contributed by atoms with Crippen LogP contribution < -0.4 is 5.32 Å². The fourth-order valence-corrected chi connectivity index (χ4v) is 2.70. The second kappa shape index (κ2) is 10.8. The Labute approximate surface area is 113 Å². The summed E-state index contributed by atoms with van der Waals surface area (Å²) in [5.74, 6) is 0. The molecule has 1 atom stereocenters. The molecule has 3 heteroatoms. The van der Waals surface area contributed by atoms with Crippen molar-refractivity contribution in [2.24, 2.45) is 0 Å². The van der Waals surface area contributed by atoms with Crippen LogP contribution in [0.2, 0.25) is 0 Å². The maximum absolute atomic E-state index is 5.73. The molecule has 1 rings (SSSR count). The summed E-state index contributed by atoms with van der Waals surface area (Å²) in [7, 11) is 0. The zero-order valence-corrected chi connectivity index (χ0v) is 12.4. The number of nitrogens with zero attached hydrogens (tertiary/aromatic N) is 1. The van der Waals surface area contributed by atoms with Gasteiger partial charge in [0, 0.05) is 13.2 Å². The van der Waals surface area contributed by atoms with E-state index >= 15 is 0 Å². The highest BCUT2D eigenvalue weighted by molar-refractivity contribution is 4.73. The fourth-order valence-electron chi connectivity index (χ4n) is 2.70. The molecule has 1 aliphatic heterocycles. The first-order valence-corrected chi connectivity index (χ1v) is 7.91. The van der Waals surface area contributed by atoms with E-state index in [9.17, 15) is 0 Å². The fraction of sp³-hybridized carbons (Fsp3) is 1.00. The molecule has 3 nitrogen and oxygen atoms in total. The maximum Gasteiger partial charge on any atom is 0.0702 e. The molecule has 1 aliphatic rings. The molecule has 1 heterocycles. The lowest BCUT2D eigenvalue weighted by atomic mass is 10.1. The van der Waals surface area contributed by atoms with Crippen molar-refractivity contribution in [2.75, 3.05) is 39.3 Å². The zero-order valence-electron chi connectivity index (χ0n) is 12.4. The van der Waals surface area contributed by atoms with Crippen molar-refractivity contribution in [1.82, 2.24) is 10.2 Å². The lowest BCUT2D eigenvalue weighted by Crippen LogP contribution is -2.40. The lowest BCUT2D eigenvalue weighted by Gasteiger charge is -2.32. The summed E-state index contributed by atoms with van der Waals surface area (Å²) in [5.41, 5.74) is 0. The van der Waals surface area contributed by atoms with E-state index in [1.54, 1.807) is 0 Å². The SMILES string of the molecule is CCNCCCCCCN1CCCC(OCC)C1. The summed E-state index contributed by atoms with van der Waals surface area (Å²) >= 11 is 0. The van der Waals surface area contributed by atoms with E-state index in [1.165, 1.54) is 58.2 Å². The minimum Gasteiger partial charge on any atom is -0.377 e. The molecule has 0 saturated carbocycles. The number of likely N-dealkylation sites (tertiary alicyclic amines) is 1. The van der Waals surface area contributed by atoms with Gasteiger partial charge in [-0.1, -0.05) is 19.8 Å². The van der Waals surface area contributed by atoms with Gasteiger partial charge in [-0.3, -0.25) is 0 Å². The number of hydrogen-bond acceptors (Lipinski definition) is 3. The normalized spacial score (nSPS) is 21.3. The van der Waals surface area contributed by atoms with Gasteiger partial charge < -0.3 is 15.0 Å². The molecule has 0 spiro atoms. The predicted octanol–water partition coefficient (Wildman–Crippen LogP) is 2.66. The van der Waals surface area contributed by atoms with E-state index in [2.05, 4.69) is 24.1 Å². The smallest absolute Gasteiger partial charge is 0.0702 e. The molecule has 1 fully saturated rings. The number of unbranched alkanes of at least 4 members (excludes halogenated alkanes) is 3. The van der Waals surface area contributed by atoms with Crippen LogP contribution in [0.4, 0.5) is 0 Å². The molecular weight excluding hydrogens is 224 g/mol. The summed E-state index contributed by atoms with van der Waals surface area (Å²) < 4.78 is 5.73. The molecule has 0 aromatic rings. The van der Waals surface area contributed by atoms with Crippen LogP contribution in [-0.4, -0.2) is 50.3 Å². The van der Waals surface area contributed by atoms with Crippen molar-refractivity contribution >= 4 is 0 Å². The van der Waals surface area contributed by atoms with Crippen molar-refractivity contribution in [3.63, 3.8) is 0 Å². The average molecular weight is 256 g/mol. The first-order chi connectivity index (χ1) is 8.86. The second-order valence-electron chi connectivity index (χ2n) is 5.29. The monoisotopic (exact) mass is 256 g/mol. The van der Waals surface area contributed by atoms with E-state index in [4.69, 9.17) is 4.74 Å². The van der Waals surface area contributed by atoms with Gasteiger partial charge in [-0.05, 0) is 58.8 Å². The molecule has 0 radical (unpaired) electrons. The van der Waals surface area contributed by atoms with Crippen molar-refractivity contribution in [3.8, 4) is 0 Å². The van der Waals surface area contributed by atoms with E-state index in [-0.39, 0.29) is 0 Å². The van der Waals surface area contributed by atoms with Gasteiger partial charge in [0.2, 0.25) is 0 Å². The lowest BCUT2D eigenvalue weighted by molar-refractivity contribution is 0.00558. The number of nitrogens with one attached hydrogen (secondary N) is 1. The summed E-state index contributed by atoms with van der Waals surface area (Å²) in [6, 6.07) is 0. The first-order valence-electron chi connectivity index (χ1n) is 7.91. The Morgan fingerprint density at radius 3 is 2.78 bits per heavy atom. The average Bonchev–Trinajstić information content (AvgIpc) is 2.39. The van der Waals surface area contributed by atoms with Crippen molar-refractivity contribution in [1.29, 1.82) is 0 Å². The van der Waals surface area contributed by atoms with Gasteiger partial charge in [-0.25, -0.2) is 0 Å². The van der Waals surface area contributed by atoms with Crippen LogP contribution >= 0.6 is 0 Å². The number of ether oxygens (including phenoxy) is 1. The highest BCUT2D eigenvalue weighted by atomic mass is 16.5. The summed E-state index contributed by atoms with van der Waals surface area (Å²) in [6.07, 6.45) is 8.49. The topological polar surface area (TPSA) is 24.5 Å². The van der Waals surface area contributed by atoms with E-state index in [1.807, 2.05) is 0 Å². The first kappa shape index (κ1) is 15.9.